The number of sulfone groups is 1. The second kappa shape index (κ2) is 7.86. The van der Waals surface area contributed by atoms with E-state index in [4.69, 9.17) is 0 Å². The molecule has 9 nitrogen and oxygen atoms in total. The van der Waals surface area contributed by atoms with Gasteiger partial charge in [0.05, 0.1) is 35.4 Å². The zero-order valence-electron chi connectivity index (χ0n) is 17.1. The van der Waals surface area contributed by atoms with Gasteiger partial charge in [-0.1, -0.05) is 11.3 Å². The molecule has 2 amide bonds. The van der Waals surface area contributed by atoms with Gasteiger partial charge in [0.1, 0.15) is 4.88 Å². The third kappa shape index (κ3) is 4.50. The third-order valence-electron chi connectivity index (χ3n) is 5.01. The van der Waals surface area contributed by atoms with E-state index in [1.165, 1.54) is 4.90 Å². The number of nitrogens with zero attached hydrogens (tertiary/aromatic N) is 4. The van der Waals surface area contributed by atoms with Crippen LogP contribution in [0.5, 0.6) is 0 Å². The average molecular weight is 440 g/mol. The minimum Gasteiger partial charge on any atom is -0.344 e. The fraction of sp³-hybridized carbons (Fsp3) is 0.556. The van der Waals surface area contributed by atoms with Gasteiger partial charge in [-0.3, -0.25) is 14.3 Å². The molecule has 1 fully saturated rings. The molecule has 0 radical (unpaired) electrons. The summed E-state index contributed by atoms with van der Waals surface area (Å²) in [4.78, 5) is 31.0. The maximum Gasteiger partial charge on any atom is 0.265 e. The van der Waals surface area contributed by atoms with E-state index < -0.39 is 9.84 Å². The van der Waals surface area contributed by atoms with E-state index in [0.717, 1.165) is 22.6 Å². The van der Waals surface area contributed by atoms with Gasteiger partial charge in [-0.2, -0.15) is 5.10 Å². The zero-order valence-corrected chi connectivity index (χ0v) is 18.8. The number of anilines is 1. The monoisotopic (exact) mass is 439 g/mol. The van der Waals surface area contributed by atoms with Crippen LogP contribution >= 0.6 is 11.3 Å². The standard InChI is InChI=1S/C18H25N5O4S2/c1-10-14(12(3)23(21-10)13-6-7-29(26,27)9-13)8-15(24)20-18-19-11(2)16(28-18)17(25)22(4)5/h13H,6-9H2,1-5H3,(H,19,20,24). The van der Waals surface area contributed by atoms with Crippen LogP contribution in [0.15, 0.2) is 0 Å². The highest BCUT2D eigenvalue weighted by molar-refractivity contribution is 7.91. The summed E-state index contributed by atoms with van der Waals surface area (Å²) in [6.45, 7) is 5.41. The molecule has 11 heteroatoms. The molecule has 2 aromatic heterocycles. The number of hydrogen-bond donors (Lipinski definition) is 1. The van der Waals surface area contributed by atoms with Gasteiger partial charge in [0.15, 0.2) is 15.0 Å². The first kappa shape index (κ1) is 21.4. The molecule has 1 unspecified atom stereocenters. The molecule has 3 heterocycles. The van der Waals surface area contributed by atoms with Crippen molar-refractivity contribution in [1.29, 1.82) is 0 Å². The molecule has 29 heavy (non-hydrogen) atoms. The van der Waals surface area contributed by atoms with Crippen molar-refractivity contribution in [3.05, 3.63) is 27.5 Å². The van der Waals surface area contributed by atoms with Gasteiger partial charge in [0.25, 0.3) is 5.91 Å². The predicted molar refractivity (Wildman–Crippen MR) is 111 cm³/mol. The Bertz CT molecular complexity index is 1070. The maximum atomic E-state index is 12.6. The van der Waals surface area contributed by atoms with Gasteiger partial charge in [0, 0.05) is 25.4 Å². The lowest BCUT2D eigenvalue weighted by Gasteiger charge is -2.11. The number of amides is 2. The molecule has 3 rings (SSSR count). The third-order valence-corrected chi connectivity index (χ3v) is 7.82. The molecule has 0 spiro atoms. The van der Waals surface area contributed by atoms with E-state index in [-0.39, 0.29) is 35.8 Å². The molecule has 158 valence electrons. The highest BCUT2D eigenvalue weighted by atomic mass is 32.2. The smallest absolute Gasteiger partial charge is 0.265 e. The Morgan fingerprint density at radius 1 is 1.24 bits per heavy atom. The largest absolute Gasteiger partial charge is 0.344 e. The number of aryl methyl sites for hydroxylation is 2. The van der Waals surface area contributed by atoms with Crippen molar-refractivity contribution in [2.24, 2.45) is 0 Å². The molecule has 0 aromatic carbocycles. The molecule has 2 aromatic rings. The van der Waals surface area contributed by atoms with Crippen LogP contribution in [0.25, 0.3) is 0 Å². The van der Waals surface area contributed by atoms with Crippen molar-refractivity contribution < 1.29 is 18.0 Å². The number of rotatable bonds is 5. The Hall–Kier alpha value is -2.27. The number of hydrogen-bond acceptors (Lipinski definition) is 7. The molecule has 1 atom stereocenters. The van der Waals surface area contributed by atoms with E-state index in [2.05, 4.69) is 15.4 Å². The van der Waals surface area contributed by atoms with Gasteiger partial charge in [0.2, 0.25) is 5.91 Å². The molecule has 1 saturated heterocycles. The van der Waals surface area contributed by atoms with Crippen molar-refractivity contribution in [1.82, 2.24) is 19.7 Å². The first-order chi connectivity index (χ1) is 13.5. The molecule has 1 aliphatic rings. The van der Waals surface area contributed by atoms with Gasteiger partial charge in [-0.25, -0.2) is 13.4 Å². The highest BCUT2D eigenvalue weighted by Crippen LogP contribution is 2.28. The van der Waals surface area contributed by atoms with Crippen LogP contribution in [0.2, 0.25) is 0 Å². The topological polar surface area (TPSA) is 114 Å². The Labute approximate surface area is 174 Å². The van der Waals surface area contributed by atoms with Crippen LogP contribution in [-0.2, 0) is 21.1 Å². The number of carbonyl (C=O) groups excluding carboxylic acids is 2. The lowest BCUT2D eigenvalue weighted by molar-refractivity contribution is -0.115. The van der Waals surface area contributed by atoms with Crippen LogP contribution in [0.3, 0.4) is 0 Å². The molecule has 0 saturated carbocycles. The fourth-order valence-electron chi connectivity index (χ4n) is 3.45. The van der Waals surface area contributed by atoms with Crippen molar-refractivity contribution in [2.75, 3.05) is 30.9 Å². The first-order valence-corrected chi connectivity index (χ1v) is 11.9. The summed E-state index contributed by atoms with van der Waals surface area (Å²) in [5.74, 6) is -0.155. The molecular weight excluding hydrogens is 414 g/mol. The Morgan fingerprint density at radius 3 is 2.52 bits per heavy atom. The normalized spacial score (nSPS) is 18.0. The minimum atomic E-state index is -3.02. The quantitative estimate of drug-likeness (QED) is 0.755. The van der Waals surface area contributed by atoms with Crippen molar-refractivity contribution in [2.45, 2.75) is 39.7 Å². The van der Waals surface area contributed by atoms with E-state index in [1.807, 2.05) is 13.8 Å². The predicted octanol–water partition coefficient (Wildman–Crippen LogP) is 1.51. The second-order valence-corrected chi connectivity index (χ2v) is 10.7. The summed E-state index contributed by atoms with van der Waals surface area (Å²) in [6, 6.07) is -0.184. The summed E-state index contributed by atoms with van der Waals surface area (Å²) in [5.41, 5.74) is 2.87. The van der Waals surface area contributed by atoms with Crippen LogP contribution in [0.4, 0.5) is 5.13 Å². The molecule has 1 N–H and O–H groups in total. The van der Waals surface area contributed by atoms with Crippen molar-refractivity contribution in [3.8, 4) is 0 Å². The number of carbonyl (C=O) groups is 2. The van der Waals surface area contributed by atoms with Gasteiger partial charge < -0.3 is 10.2 Å². The van der Waals surface area contributed by atoms with E-state index >= 15 is 0 Å². The lowest BCUT2D eigenvalue weighted by Crippen LogP contribution is -2.21. The maximum absolute atomic E-state index is 12.6. The second-order valence-electron chi connectivity index (χ2n) is 7.51. The fourth-order valence-corrected chi connectivity index (χ4v) is 6.15. The Morgan fingerprint density at radius 2 is 1.93 bits per heavy atom. The number of thiazole rings is 1. The molecule has 1 aliphatic heterocycles. The summed E-state index contributed by atoms with van der Waals surface area (Å²) >= 11 is 1.15. The van der Waals surface area contributed by atoms with E-state index in [0.29, 0.717) is 27.8 Å². The summed E-state index contributed by atoms with van der Waals surface area (Å²) in [5, 5.41) is 7.62. The first-order valence-electron chi connectivity index (χ1n) is 9.22. The molecule has 0 bridgehead atoms. The molecule has 0 aliphatic carbocycles. The van der Waals surface area contributed by atoms with Gasteiger partial charge >= 0.3 is 0 Å². The average Bonchev–Trinajstić information content (AvgIpc) is 3.25. The lowest BCUT2D eigenvalue weighted by atomic mass is 10.1. The Kier molecular flexibility index (Phi) is 5.81. The van der Waals surface area contributed by atoms with E-state index in [1.54, 1.807) is 25.7 Å². The van der Waals surface area contributed by atoms with Crippen LogP contribution in [0.1, 0.15) is 44.8 Å². The van der Waals surface area contributed by atoms with Crippen LogP contribution < -0.4 is 5.32 Å². The zero-order chi connectivity index (χ0) is 21.5. The highest BCUT2D eigenvalue weighted by Gasteiger charge is 2.31. The summed E-state index contributed by atoms with van der Waals surface area (Å²) < 4.78 is 25.3. The number of nitrogens with one attached hydrogen (secondary N) is 1. The van der Waals surface area contributed by atoms with Crippen molar-refractivity contribution >= 4 is 38.1 Å². The number of aromatic nitrogens is 3. The summed E-state index contributed by atoms with van der Waals surface area (Å²) in [7, 11) is 0.310. The SMILES string of the molecule is Cc1nc(NC(=O)Cc2c(C)nn(C3CCS(=O)(=O)C3)c2C)sc1C(=O)N(C)C. The van der Waals surface area contributed by atoms with E-state index in [9.17, 15) is 18.0 Å². The summed E-state index contributed by atoms with van der Waals surface area (Å²) in [6.07, 6.45) is 0.643. The van der Waals surface area contributed by atoms with Crippen molar-refractivity contribution in [3.63, 3.8) is 0 Å². The van der Waals surface area contributed by atoms with Gasteiger partial charge in [-0.15, -0.1) is 0 Å². The van der Waals surface area contributed by atoms with Crippen LogP contribution in [0, 0.1) is 20.8 Å². The minimum absolute atomic E-state index is 0.0850. The van der Waals surface area contributed by atoms with Gasteiger partial charge in [-0.05, 0) is 27.2 Å². The van der Waals surface area contributed by atoms with Crippen LogP contribution in [-0.4, -0.2) is 65.5 Å². The Balaban J connectivity index is 1.73. The molecular formula is C18H25N5O4S2.